The van der Waals surface area contributed by atoms with Crippen molar-refractivity contribution in [3.05, 3.63) is 71.4 Å². The van der Waals surface area contributed by atoms with Gasteiger partial charge in [0.15, 0.2) is 5.82 Å². The summed E-state index contributed by atoms with van der Waals surface area (Å²) in [6, 6.07) is 14.0. The molecule has 33 heavy (non-hydrogen) atoms. The Balaban J connectivity index is 1.67. The molecule has 0 aliphatic rings. The maximum Gasteiger partial charge on any atom is 0.162 e. The lowest BCUT2D eigenvalue weighted by Crippen LogP contribution is -2.31. The van der Waals surface area contributed by atoms with Gasteiger partial charge in [0.2, 0.25) is 0 Å². The van der Waals surface area contributed by atoms with Gasteiger partial charge in [0.05, 0.1) is 10.3 Å². The Morgan fingerprint density at radius 2 is 1.88 bits per heavy atom. The molecule has 0 spiro atoms. The van der Waals surface area contributed by atoms with Gasteiger partial charge in [-0.15, -0.1) is 11.3 Å². The number of anilines is 1. The predicted molar refractivity (Wildman–Crippen MR) is 135 cm³/mol. The molecule has 0 amide bonds. The average molecular weight is 458 g/mol. The summed E-state index contributed by atoms with van der Waals surface area (Å²) in [5.74, 6) is 7.81. The van der Waals surface area contributed by atoms with Gasteiger partial charge in [-0.2, -0.15) is 0 Å². The quantitative estimate of drug-likeness (QED) is 0.397. The minimum Gasteiger partial charge on any atom is -0.367 e. The van der Waals surface area contributed by atoms with Crippen molar-refractivity contribution >= 4 is 27.4 Å². The highest BCUT2D eigenvalue weighted by Gasteiger charge is 2.16. The molecule has 6 nitrogen and oxygen atoms in total. The van der Waals surface area contributed by atoms with Gasteiger partial charge in [-0.1, -0.05) is 42.2 Å². The number of nitrogens with one attached hydrogen (secondary N) is 1. The number of rotatable bonds is 7. The van der Waals surface area contributed by atoms with Crippen molar-refractivity contribution in [1.82, 2.24) is 15.0 Å². The number of fused-ring (bicyclic) bond motifs is 1. The Hall–Kier alpha value is -3.31. The molecular formula is C26H27N5OS. The lowest BCUT2D eigenvalue weighted by atomic mass is 10.1. The summed E-state index contributed by atoms with van der Waals surface area (Å²) in [4.78, 5) is 13.8. The van der Waals surface area contributed by atoms with Crippen LogP contribution in [0, 0.1) is 11.8 Å². The topological polar surface area (TPSA) is 86.0 Å². The fraction of sp³-hybridized carbons (Fsp3) is 0.269. The molecule has 0 unspecified atom stereocenters. The first-order chi connectivity index (χ1) is 15.9. The number of hydrogen-bond acceptors (Lipinski definition) is 7. The maximum atomic E-state index is 6.42. The van der Waals surface area contributed by atoms with Crippen molar-refractivity contribution < 1.29 is 4.74 Å². The maximum absolute atomic E-state index is 6.42. The number of hydrogen-bond donors (Lipinski definition) is 2. The van der Waals surface area contributed by atoms with E-state index in [1.165, 1.54) is 5.56 Å². The van der Waals surface area contributed by atoms with Crippen LogP contribution in [0.1, 0.15) is 25.0 Å². The minimum atomic E-state index is -0.541. The van der Waals surface area contributed by atoms with E-state index in [0.29, 0.717) is 12.4 Å². The molecule has 1 aromatic carbocycles. The zero-order valence-corrected chi connectivity index (χ0v) is 19.8. The molecule has 0 radical (unpaired) electrons. The van der Waals surface area contributed by atoms with Crippen molar-refractivity contribution in [2.24, 2.45) is 5.73 Å². The number of benzene rings is 1. The first kappa shape index (κ1) is 22.9. The van der Waals surface area contributed by atoms with Crippen LogP contribution in [0.3, 0.4) is 0 Å². The van der Waals surface area contributed by atoms with Gasteiger partial charge in [-0.05, 0) is 38.0 Å². The molecule has 0 fully saturated rings. The van der Waals surface area contributed by atoms with E-state index < -0.39 is 5.60 Å². The summed E-state index contributed by atoms with van der Waals surface area (Å²) < 4.78 is 6.40. The average Bonchev–Trinajstić information content (AvgIpc) is 3.25. The Bertz CT molecular complexity index is 1280. The lowest BCUT2D eigenvalue weighted by molar-refractivity contribution is 0.0742. The van der Waals surface area contributed by atoms with Crippen LogP contribution >= 0.6 is 11.3 Å². The van der Waals surface area contributed by atoms with E-state index in [2.05, 4.69) is 34.3 Å². The third-order valence-electron chi connectivity index (χ3n) is 5.23. The van der Waals surface area contributed by atoms with E-state index >= 15 is 0 Å². The smallest absolute Gasteiger partial charge is 0.162 e. The van der Waals surface area contributed by atoms with E-state index in [4.69, 9.17) is 20.4 Å². The van der Waals surface area contributed by atoms with Crippen molar-refractivity contribution in [2.75, 3.05) is 19.0 Å². The SMILES string of the molecule is COC(C)(C)C#Cc1csc2c(NC[C@@H](N)Cc3ccccc3)nc(-c3ccncc3)nc12. The molecule has 3 N–H and O–H groups in total. The van der Waals surface area contributed by atoms with Crippen LogP contribution in [0.2, 0.25) is 0 Å². The summed E-state index contributed by atoms with van der Waals surface area (Å²) >= 11 is 1.57. The molecule has 168 valence electrons. The Morgan fingerprint density at radius 3 is 2.61 bits per heavy atom. The third kappa shape index (κ3) is 5.74. The first-order valence-electron chi connectivity index (χ1n) is 10.8. The number of pyridine rings is 1. The van der Waals surface area contributed by atoms with E-state index in [9.17, 15) is 0 Å². The number of methoxy groups -OCH3 is 1. The van der Waals surface area contributed by atoms with Crippen molar-refractivity contribution in [1.29, 1.82) is 0 Å². The molecule has 0 saturated carbocycles. The van der Waals surface area contributed by atoms with Crippen LogP contribution in [0.4, 0.5) is 5.82 Å². The molecule has 3 heterocycles. The summed E-state index contributed by atoms with van der Waals surface area (Å²) in [6.07, 6.45) is 4.26. The molecule has 4 aromatic rings. The molecule has 7 heteroatoms. The van der Waals surface area contributed by atoms with Gasteiger partial charge in [0, 0.05) is 43.0 Å². The second kappa shape index (κ2) is 10.1. The second-order valence-corrected chi connectivity index (χ2v) is 9.13. The zero-order valence-electron chi connectivity index (χ0n) is 19.0. The zero-order chi connectivity index (χ0) is 23.3. The van der Waals surface area contributed by atoms with E-state index in [1.54, 1.807) is 30.8 Å². The first-order valence-corrected chi connectivity index (χ1v) is 11.6. The van der Waals surface area contributed by atoms with Gasteiger partial charge in [0.25, 0.3) is 0 Å². The minimum absolute atomic E-state index is 0.0523. The standard InChI is InChI=1S/C26H27N5OS/c1-26(2,32-3)12-9-20-17-33-23-22(20)30-24(19-10-13-28-14-11-19)31-25(23)29-16-21(27)15-18-7-5-4-6-8-18/h4-8,10-11,13-14,17,21H,15-16,27H2,1-3H3,(H,29,30,31)/t21-/m0/s1. The molecule has 1 atom stereocenters. The molecule has 4 rings (SSSR count). The number of nitrogens with two attached hydrogens (primary N) is 1. The van der Waals surface area contributed by atoms with Crippen LogP contribution in [0.15, 0.2) is 60.2 Å². The van der Waals surface area contributed by atoms with Gasteiger partial charge < -0.3 is 15.8 Å². The van der Waals surface area contributed by atoms with Crippen LogP contribution < -0.4 is 11.1 Å². The van der Waals surface area contributed by atoms with E-state index in [0.717, 1.165) is 33.6 Å². The normalized spacial score (nSPS) is 12.2. The highest BCUT2D eigenvalue weighted by atomic mass is 32.1. The van der Waals surface area contributed by atoms with Gasteiger partial charge in [-0.25, -0.2) is 9.97 Å². The monoisotopic (exact) mass is 457 g/mol. The molecule has 0 bridgehead atoms. The Labute approximate surface area is 198 Å². The van der Waals surface area contributed by atoms with Crippen LogP contribution in [-0.4, -0.2) is 40.2 Å². The highest BCUT2D eigenvalue weighted by molar-refractivity contribution is 7.18. The highest BCUT2D eigenvalue weighted by Crippen LogP contribution is 2.32. The van der Waals surface area contributed by atoms with Crippen LogP contribution in [0.5, 0.6) is 0 Å². The molecular weight excluding hydrogens is 430 g/mol. The Kier molecular flexibility index (Phi) is 6.99. The van der Waals surface area contributed by atoms with E-state index in [1.807, 2.05) is 49.6 Å². The summed E-state index contributed by atoms with van der Waals surface area (Å²) in [5.41, 5.74) is 9.66. The number of thiophene rings is 1. The van der Waals surface area contributed by atoms with Crippen molar-refractivity contribution in [3.63, 3.8) is 0 Å². The van der Waals surface area contributed by atoms with Crippen molar-refractivity contribution in [2.45, 2.75) is 31.9 Å². The number of aromatic nitrogens is 3. The third-order valence-corrected chi connectivity index (χ3v) is 6.21. The molecule has 3 aromatic heterocycles. The predicted octanol–water partition coefficient (Wildman–Crippen LogP) is 4.51. The molecule has 0 saturated heterocycles. The number of ether oxygens (including phenoxy) is 1. The molecule has 0 aliphatic heterocycles. The fourth-order valence-corrected chi connectivity index (χ4v) is 4.15. The molecule has 0 aliphatic carbocycles. The second-order valence-electron chi connectivity index (χ2n) is 8.25. The largest absolute Gasteiger partial charge is 0.367 e. The summed E-state index contributed by atoms with van der Waals surface area (Å²) in [7, 11) is 1.66. The van der Waals surface area contributed by atoms with Crippen LogP contribution in [-0.2, 0) is 11.2 Å². The summed E-state index contributed by atoms with van der Waals surface area (Å²) in [5, 5.41) is 5.48. The van der Waals surface area contributed by atoms with Gasteiger partial charge >= 0.3 is 0 Å². The van der Waals surface area contributed by atoms with Gasteiger partial charge in [0.1, 0.15) is 16.9 Å². The summed E-state index contributed by atoms with van der Waals surface area (Å²) in [6.45, 7) is 4.46. The Morgan fingerprint density at radius 1 is 1.12 bits per heavy atom. The van der Waals surface area contributed by atoms with Gasteiger partial charge in [-0.3, -0.25) is 4.98 Å². The number of nitrogens with zero attached hydrogens (tertiary/aromatic N) is 3. The van der Waals surface area contributed by atoms with Crippen molar-refractivity contribution in [3.8, 4) is 23.2 Å². The van der Waals surface area contributed by atoms with Crippen LogP contribution in [0.25, 0.3) is 21.6 Å². The lowest BCUT2D eigenvalue weighted by Gasteiger charge is -2.15. The fourth-order valence-electron chi connectivity index (χ4n) is 3.24. The van der Waals surface area contributed by atoms with E-state index in [-0.39, 0.29) is 6.04 Å².